The van der Waals surface area contributed by atoms with Gasteiger partial charge in [-0.1, -0.05) is 11.6 Å². The lowest BCUT2D eigenvalue weighted by Crippen LogP contribution is -2.36. The highest BCUT2D eigenvalue weighted by atomic mass is 35.5. The first kappa shape index (κ1) is 14.3. The third kappa shape index (κ3) is 2.76. The Balaban J connectivity index is 2.33. The molecular weight excluding hydrogens is 284 g/mol. The average molecular weight is 299 g/mol. The van der Waals surface area contributed by atoms with E-state index >= 15 is 0 Å². The monoisotopic (exact) mass is 298 g/mol. The largest absolute Gasteiger partial charge is 0.243 e. The smallest absolute Gasteiger partial charge is 0.207 e. The number of nitriles is 1. The van der Waals surface area contributed by atoms with Gasteiger partial charge in [0.25, 0.3) is 0 Å². The molecule has 1 saturated carbocycles. The van der Waals surface area contributed by atoms with E-state index in [0.29, 0.717) is 5.92 Å². The Labute approximate surface area is 118 Å². The molecule has 0 saturated heterocycles. The van der Waals surface area contributed by atoms with E-state index in [0.717, 1.165) is 12.8 Å². The second kappa shape index (κ2) is 5.12. The third-order valence-corrected chi connectivity index (χ3v) is 5.87. The minimum Gasteiger partial charge on any atom is -0.207 e. The van der Waals surface area contributed by atoms with Crippen molar-refractivity contribution in [2.75, 3.05) is 7.05 Å². The molecule has 6 heteroatoms. The van der Waals surface area contributed by atoms with Crippen LogP contribution in [0.25, 0.3) is 0 Å². The highest BCUT2D eigenvalue weighted by Crippen LogP contribution is 2.36. The van der Waals surface area contributed by atoms with Crippen molar-refractivity contribution in [3.05, 3.63) is 28.8 Å². The quantitative estimate of drug-likeness (QED) is 0.858. The number of sulfonamides is 1. The molecule has 0 heterocycles. The van der Waals surface area contributed by atoms with E-state index in [1.807, 2.05) is 13.0 Å². The number of rotatable bonds is 4. The van der Waals surface area contributed by atoms with E-state index in [4.69, 9.17) is 16.9 Å². The second-order valence-corrected chi connectivity index (χ2v) is 7.26. The summed E-state index contributed by atoms with van der Waals surface area (Å²) in [6, 6.07) is 6.10. The summed E-state index contributed by atoms with van der Waals surface area (Å²) in [6.45, 7) is 1.92. The summed E-state index contributed by atoms with van der Waals surface area (Å²) < 4.78 is 26.3. The van der Waals surface area contributed by atoms with Gasteiger partial charge in [0.05, 0.1) is 15.5 Å². The fraction of sp³-hybridized carbons (Fsp3) is 0.462. The van der Waals surface area contributed by atoms with Gasteiger partial charge in [-0.15, -0.1) is 0 Å². The van der Waals surface area contributed by atoms with Gasteiger partial charge >= 0.3 is 0 Å². The minimum atomic E-state index is -3.55. The highest BCUT2D eigenvalue weighted by molar-refractivity contribution is 7.89. The molecule has 1 fully saturated rings. The zero-order valence-corrected chi connectivity index (χ0v) is 12.4. The summed E-state index contributed by atoms with van der Waals surface area (Å²) in [5.74, 6) is 0.452. The van der Waals surface area contributed by atoms with Gasteiger partial charge in [-0.25, -0.2) is 8.42 Å². The zero-order valence-electron chi connectivity index (χ0n) is 10.8. The molecule has 4 nitrogen and oxygen atoms in total. The van der Waals surface area contributed by atoms with E-state index in [9.17, 15) is 8.42 Å². The van der Waals surface area contributed by atoms with Crippen LogP contribution >= 0.6 is 11.6 Å². The molecule has 0 amide bonds. The van der Waals surface area contributed by atoms with Crippen LogP contribution in [-0.4, -0.2) is 25.8 Å². The third-order valence-electron chi connectivity index (χ3n) is 3.62. The van der Waals surface area contributed by atoms with E-state index in [2.05, 4.69) is 0 Å². The Morgan fingerprint density at radius 3 is 2.58 bits per heavy atom. The molecule has 0 unspecified atom stereocenters. The van der Waals surface area contributed by atoms with Crippen molar-refractivity contribution in [2.45, 2.75) is 30.7 Å². The zero-order chi connectivity index (χ0) is 14.2. The fourth-order valence-corrected chi connectivity index (χ4v) is 3.74. The molecule has 2 rings (SSSR count). The summed E-state index contributed by atoms with van der Waals surface area (Å²) in [6.07, 6.45) is 2.16. The molecule has 0 aliphatic heterocycles. The summed E-state index contributed by atoms with van der Waals surface area (Å²) in [5.41, 5.74) is 0.276. The van der Waals surface area contributed by atoms with Crippen LogP contribution in [0.5, 0.6) is 0 Å². The predicted octanol–water partition coefficient (Wildman–Crippen LogP) is 2.63. The van der Waals surface area contributed by atoms with Crippen LogP contribution in [-0.2, 0) is 10.0 Å². The van der Waals surface area contributed by atoms with Crippen LogP contribution < -0.4 is 0 Å². The first-order valence-electron chi connectivity index (χ1n) is 6.05. The van der Waals surface area contributed by atoms with Crippen molar-refractivity contribution in [3.63, 3.8) is 0 Å². The van der Waals surface area contributed by atoms with Gasteiger partial charge < -0.3 is 0 Å². The molecule has 1 atom stereocenters. The van der Waals surface area contributed by atoms with Gasteiger partial charge in [-0.05, 0) is 43.9 Å². The number of nitrogens with zero attached hydrogens (tertiary/aromatic N) is 2. The fourth-order valence-electron chi connectivity index (χ4n) is 2.01. The molecule has 1 aromatic carbocycles. The Morgan fingerprint density at radius 2 is 2.11 bits per heavy atom. The second-order valence-electron chi connectivity index (χ2n) is 4.85. The average Bonchev–Trinajstić information content (AvgIpc) is 3.21. The molecule has 0 spiro atoms. The van der Waals surface area contributed by atoms with Crippen LogP contribution in [0, 0.1) is 17.2 Å². The van der Waals surface area contributed by atoms with Crippen molar-refractivity contribution >= 4 is 21.6 Å². The van der Waals surface area contributed by atoms with Crippen LogP contribution in [0.15, 0.2) is 23.1 Å². The van der Waals surface area contributed by atoms with Gasteiger partial charge in [-0.3, -0.25) is 0 Å². The van der Waals surface area contributed by atoms with E-state index in [-0.39, 0.29) is 21.5 Å². The van der Waals surface area contributed by atoms with E-state index < -0.39 is 10.0 Å². The van der Waals surface area contributed by atoms with Crippen LogP contribution in [0.3, 0.4) is 0 Å². The summed E-state index contributed by atoms with van der Waals surface area (Å²) in [7, 11) is -1.96. The molecule has 0 bridgehead atoms. The molecule has 0 aromatic heterocycles. The summed E-state index contributed by atoms with van der Waals surface area (Å²) in [4.78, 5) is 0.131. The molecule has 0 N–H and O–H groups in total. The van der Waals surface area contributed by atoms with Gasteiger partial charge in [0, 0.05) is 13.1 Å². The number of hydrogen-bond donors (Lipinski definition) is 0. The topological polar surface area (TPSA) is 61.2 Å². The van der Waals surface area contributed by atoms with Gasteiger partial charge in [0.15, 0.2) is 0 Å². The Kier molecular flexibility index (Phi) is 3.86. The lowest BCUT2D eigenvalue weighted by molar-refractivity contribution is 0.357. The van der Waals surface area contributed by atoms with Crippen molar-refractivity contribution in [2.24, 2.45) is 5.92 Å². The molecule has 1 aliphatic carbocycles. The maximum absolute atomic E-state index is 12.4. The SMILES string of the molecule is C[C@H](C1CC1)N(C)S(=O)(=O)c1ccc(C#N)c(Cl)c1. The van der Waals surface area contributed by atoms with Gasteiger partial charge in [0.2, 0.25) is 10.0 Å². The summed E-state index contributed by atoms with van der Waals surface area (Å²) in [5, 5.41) is 8.96. The number of halogens is 1. The van der Waals surface area contributed by atoms with Crippen molar-refractivity contribution in [1.82, 2.24) is 4.31 Å². The van der Waals surface area contributed by atoms with Crippen molar-refractivity contribution in [1.29, 1.82) is 5.26 Å². The Morgan fingerprint density at radius 1 is 1.47 bits per heavy atom. The normalized spacial score (nSPS) is 17.2. The van der Waals surface area contributed by atoms with Crippen LogP contribution in [0.2, 0.25) is 5.02 Å². The van der Waals surface area contributed by atoms with Crippen LogP contribution in [0.1, 0.15) is 25.3 Å². The molecular formula is C13H15ClN2O2S. The predicted molar refractivity (Wildman–Crippen MR) is 73.3 cm³/mol. The van der Waals surface area contributed by atoms with Gasteiger partial charge in [-0.2, -0.15) is 9.57 Å². The molecule has 0 radical (unpaired) electrons. The van der Waals surface area contributed by atoms with Crippen molar-refractivity contribution in [3.8, 4) is 6.07 Å². The molecule has 1 aromatic rings. The van der Waals surface area contributed by atoms with E-state index in [1.165, 1.54) is 22.5 Å². The maximum Gasteiger partial charge on any atom is 0.243 e. The molecule has 19 heavy (non-hydrogen) atoms. The molecule has 102 valence electrons. The van der Waals surface area contributed by atoms with Crippen molar-refractivity contribution < 1.29 is 8.42 Å². The minimum absolute atomic E-state index is 0.0144. The maximum atomic E-state index is 12.4. The first-order valence-corrected chi connectivity index (χ1v) is 7.87. The standard InChI is InChI=1S/C13H15ClN2O2S/c1-9(10-3-4-10)16(2)19(17,18)12-6-5-11(8-15)13(14)7-12/h5-7,9-10H,3-4H2,1-2H3/t9-/m1/s1. The number of hydrogen-bond acceptors (Lipinski definition) is 3. The Hall–Kier alpha value is -1.09. The lowest BCUT2D eigenvalue weighted by Gasteiger charge is -2.24. The molecule has 1 aliphatic rings. The van der Waals surface area contributed by atoms with Crippen LogP contribution in [0.4, 0.5) is 0 Å². The van der Waals surface area contributed by atoms with E-state index in [1.54, 1.807) is 7.05 Å². The Bertz CT molecular complexity index is 633. The first-order chi connectivity index (χ1) is 8.87. The van der Waals surface area contributed by atoms with Gasteiger partial charge in [0.1, 0.15) is 6.07 Å². The lowest BCUT2D eigenvalue weighted by atomic mass is 10.2. The number of benzene rings is 1. The highest BCUT2D eigenvalue weighted by Gasteiger charge is 2.36. The summed E-state index contributed by atoms with van der Waals surface area (Å²) >= 11 is 5.89.